The van der Waals surface area contributed by atoms with Crippen molar-refractivity contribution in [2.75, 3.05) is 32.7 Å². The van der Waals surface area contributed by atoms with Crippen molar-refractivity contribution in [3.8, 4) is 0 Å². The van der Waals surface area contributed by atoms with Crippen molar-refractivity contribution in [2.45, 2.75) is 46.0 Å². The molecule has 0 bridgehead atoms. The molecule has 0 aromatic rings. The lowest BCUT2D eigenvalue weighted by Gasteiger charge is -2.34. The Morgan fingerprint density at radius 2 is 1.95 bits per heavy atom. The summed E-state index contributed by atoms with van der Waals surface area (Å²) in [5.41, 5.74) is 5.89. The van der Waals surface area contributed by atoms with Crippen molar-refractivity contribution >= 4 is 5.96 Å². The average molecular weight is 280 g/mol. The third kappa shape index (κ3) is 5.31. The van der Waals surface area contributed by atoms with Gasteiger partial charge in [0.25, 0.3) is 0 Å². The lowest BCUT2D eigenvalue weighted by molar-refractivity contribution is 0.140. The molecular formula is C16H32N4. The molecule has 1 saturated carbocycles. The number of aliphatic imine (C=N–C) groups is 1. The largest absolute Gasteiger partial charge is 0.370 e. The molecule has 2 fully saturated rings. The molecule has 3 N–H and O–H groups in total. The monoisotopic (exact) mass is 280 g/mol. The number of hydrogen-bond donors (Lipinski definition) is 2. The van der Waals surface area contributed by atoms with E-state index in [0.29, 0.717) is 5.96 Å². The molecule has 20 heavy (non-hydrogen) atoms. The summed E-state index contributed by atoms with van der Waals surface area (Å²) >= 11 is 0. The molecule has 0 spiro atoms. The molecule has 0 amide bonds. The molecule has 0 aromatic heterocycles. The van der Waals surface area contributed by atoms with Crippen molar-refractivity contribution < 1.29 is 0 Å². The summed E-state index contributed by atoms with van der Waals surface area (Å²) < 4.78 is 0. The minimum atomic E-state index is 0.636. The van der Waals surface area contributed by atoms with E-state index in [9.17, 15) is 0 Å². The van der Waals surface area contributed by atoms with Crippen molar-refractivity contribution in [3.05, 3.63) is 0 Å². The van der Waals surface area contributed by atoms with Gasteiger partial charge >= 0.3 is 0 Å². The number of hydrogen-bond acceptors (Lipinski definition) is 2. The highest BCUT2D eigenvalue weighted by molar-refractivity contribution is 5.77. The van der Waals surface area contributed by atoms with E-state index >= 15 is 0 Å². The topological polar surface area (TPSA) is 53.6 Å². The fourth-order valence-corrected chi connectivity index (χ4v) is 3.45. The van der Waals surface area contributed by atoms with Gasteiger partial charge in [0, 0.05) is 26.2 Å². The van der Waals surface area contributed by atoms with Crippen LogP contribution in [0.2, 0.25) is 0 Å². The summed E-state index contributed by atoms with van der Waals surface area (Å²) in [5.74, 6) is 3.13. The number of nitrogens with one attached hydrogen (secondary N) is 1. The minimum absolute atomic E-state index is 0.636. The van der Waals surface area contributed by atoms with Gasteiger partial charge in [0.15, 0.2) is 5.96 Å². The summed E-state index contributed by atoms with van der Waals surface area (Å²) in [6, 6.07) is 0. The summed E-state index contributed by atoms with van der Waals surface area (Å²) in [6.45, 7) is 10.3. The second kappa shape index (κ2) is 7.87. The van der Waals surface area contributed by atoms with Crippen LogP contribution in [0, 0.1) is 17.8 Å². The Morgan fingerprint density at radius 3 is 2.55 bits per heavy atom. The first-order chi connectivity index (χ1) is 9.63. The highest BCUT2D eigenvalue weighted by Crippen LogP contribution is 2.26. The normalized spacial score (nSPS) is 29.2. The fraction of sp³-hybridized carbons (Fsp3) is 0.938. The fourth-order valence-electron chi connectivity index (χ4n) is 3.45. The highest BCUT2D eigenvalue weighted by atomic mass is 15.1. The highest BCUT2D eigenvalue weighted by Gasteiger charge is 2.21. The SMILES string of the molecule is CC1CC(C)CN(CCCNC(N)=NCC2CCC2)C1. The maximum absolute atomic E-state index is 5.89. The smallest absolute Gasteiger partial charge is 0.188 e. The first kappa shape index (κ1) is 15.6. The Morgan fingerprint density at radius 1 is 1.25 bits per heavy atom. The second-order valence-electron chi connectivity index (χ2n) is 7.01. The molecule has 4 nitrogen and oxygen atoms in total. The van der Waals surface area contributed by atoms with Crippen LogP contribution in [0.1, 0.15) is 46.0 Å². The van der Waals surface area contributed by atoms with E-state index in [-0.39, 0.29) is 0 Å². The number of likely N-dealkylation sites (tertiary alicyclic amines) is 1. The molecule has 2 atom stereocenters. The molecule has 1 aliphatic heterocycles. The maximum Gasteiger partial charge on any atom is 0.188 e. The Hall–Kier alpha value is -0.770. The lowest BCUT2D eigenvalue weighted by Crippen LogP contribution is -2.40. The molecule has 2 aliphatic rings. The van der Waals surface area contributed by atoms with E-state index in [1.54, 1.807) is 0 Å². The third-order valence-electron chi connectivity index (χ3n) is 4.65. The number of nitrogens with zero attached hydrogens (tertiary/aromatic N) is 2. The molecule has 1 saturated heterocycles. The summed E-state index contributed by atoms with van der Waals surface area (Å²) in [4.78, 5) is 7.02. The summed E-state index contributed by atoms with van der Waals surface area (Å²) in [7, 11) is 0. The van der Waals surface area contributed by atoms with Gasteiger partial charge in [-0.1, -0.05) is 20.3 Å². The number of nitrogens with two attached hydrogens (primary N) is 1. The van der Waals surface area contributed by atoms with Crippen LogP contribution in [0.3, 0.4) is 0 Å². The number of piperidine rings is 1. The predicted octanol–water partition coefficient (Wildman–Crippen LogP) is 2.06. The molecule has 116 valence electrons. The Bertz CT molecular complexity index is 302. The standard InChI is InChI=1S/C16H32N4/c1-13-9-14(2)12-20(11-13)8-4-7-18-16(17)19-10-15-5-3-6-15/h13-15H,3-12H2,1-2H3,(H3,17,18,19). The second-order valence-corrected chi connectivity index (χ2v) is 7.01. The van der Waals surface area contributed by atoms with E-state index in [2.05, 4.69) is 29.1 Å². The van der Waals surface area contributed by atoms with Crippen LogP contribution < -0.4 is 11.1 Å². The molecule has 1 heterocycles. The molecular weight excluding hydrogens is 248 g/mol. The van der Waals surface area contributed by atoms with Crippen LogP contribution in [-0.4, -0.2) is 43.6 Å². The van der Waals surface area contributed by atoms with Crippen molar-refractivity contribution in [1.82, 2.24) is 10.2 Å². The van der Waals surface area contributed by atoms with E-state index in [4.69, 9.17) is 5.73 Å². The minimum Gasteiger partial charge on any atom is -0.370 e. The predicted molar refractivity (Wildman–Crippen MR) is 85.8 cm³/mol. The van der Waals surface area contributed by atoms with Gasteiger partial charge in [0.05, 0.1) is 0 Å². The third-order valence-corrected chi connectivity index (χ3v) is 4.65. The first-order valence-corrected chi connectivity index (χ1v) is 8.39. The van der Waals surface area contributed by atoms with Crippen LogP contribution in [-0.2, 0) is 0 Å². The first-order valence-electron chi connectivity index (χ1n) is 8.39. The number of rotatable bonds is 6. The molecule has 0 aromatic carbocycles. The zero-order chi connectivity index (χ0) is 14.4. The van der Waals surface area contributed by atoms with Gasteiger partial charge in [-0.2, -0.15) is 0 Å². The van der Waals surface area contributed by atoms with E-state index < -0.39 is 0 Å². The molecule has 1 aliphatic carbocycles. The van der Waals surface area contributed by atoms with Gasteiger partial charge in [-0.3, -0.25) is 4.99 Å². The Labute approximate surface area is 124 Å². The molecule has 0 radical (unpaired) electrons. The van der Waals surface area contributed by atoms with Crippen molar-refractivity contribution in [2.24, 2.45) is 28.5 Å². The lowest BCUT2D eigenvalue weighted by atomic mass is 9.86. The van der Waals surface area contributed by atoms with Crippen molar-refractivity contribution in [3.63, 3.8) is 0 Å². The number of guanidine groups is 1. The maximum atomic E-state index is 5.89. The quantitative estimate of drug-likeness (QED) is 0.445. The molecule has 2 unspecified atom stereocenters. The van der Waals surface area contributed by atoms with Gasteiger partial charge in [-0.15, -0.1) is 0 Å². The molecule has 4 heteroatoms. The van der Waals surface area contributed by atoms with Gasteiger partial charge in [0.2, 0.25) is 0 Å². The van der Waals surface area contributed by atoms with Gasteiger partial charge in [-0.05, 0) is 50.0 Å². The van der Waals surface area contributed by atoms with Gasteiger partial charge in [-0.25, -0.2) is 0 Å². The van der Waals surface area contributed by atoms with E-state index in [1.807, 2.05) is 0 Å². The van der Waals surface area contributed by atoms with E-state index in [0.717, 1.165) is 37.3 Å². The Kier molecular flexibility index (Phi) is 6.14. The van der Waals surface area contributed by atoms with Crippen LogP contribution in [0.4, 0.5) is 0 Å². The van der Waals surface area contributed by atoms with Gasteiger partial charge < -0.3 is 16.0 Å². The summed E-state index contributed by atoms with van der Waals surface area (Å²) in [5, 5.41) is 3.25. The van der Waals surface area contributed by atoms with Gasteiger partial charge in [0.1, 0.15) is 0 Å². The van der Waals surface area contributed by atoms with Crippen LogP contribution in [0.15, 0.2) is 4.99 Å². The van der Waals surface area contributed by atoms with Crippen LogP contribution in [0.5, 0.6) is 0 Å². The zero-order valence-corrected chi connectivity index (χ0v) is 13.3. The summed E-state index contributed by atoms with van der Waals surface area (Å²) in [6.07, 6.45) is 6.58. The average Bonchev–Trinajstić information content (AvgIpc) is 2.31. The zero-order valence-electron chi connectivity index (χ0n) is 13.3. The molecule has 2 rings (SSSR count). The van der Waals surface area contributed by atoms with E-state index in [1.165, 1.54) is 45.3 Å². The van der Waals surface area contributed by atoms with Crippen molar-refractivity contribution in [1.29, 1.82) is 0 Å². The van der Waals surface area contributed by atoms with Crippen LogP contribution >= 0.6 is 0 Å². The van der Waals surface area contributed by atoms with Crippen LogP contribution in [0.25, 0.3) is 0 Å². The Balaban J connectivity index is 1.54.